The fourth-order valence-electron chi connectivity index (χ4n) is 4.34. The zero-order valence-electron chi connectivity index (χ0n) is 17.8. The normalized spacial score (nSPS) is 18.9. The van der Waals surface area contributed by atoms with Gasteiger partial charge in [-0.15, -0.1) is 0 Å². The van der Waals surface area contributed by atoms with Crippen LogP contribution in [0.4, 0.5) is 5.95 Å². The minimum Gasteiger partial charge on any atom is -0.356 e. The van der Waals surface area contributed by atoms with Crippen molar-refractivity contribution in [3.05, 3.63) is 45.9 Å². The minimum atomic E-state index is -0.227. The summed E-state index contributed by atoms with van der Waals surface area (Å²) >= 11 is 0. The van der Waals surface area contributed by atoms with Gasteiger partial charge in [-0.05, 0) is 59.1 Å². The summed E-state index contributed by atoms with van der Waals surface area (Å²) in [7, 11) is 0. The Morgan fingerprint density at radius 1 is 1.17 bits per heavy atom. The van der Waals surface area contributed by atoms with Gasteiger partial charge in [-0.1, -0.05) is 12.1 Å². The van der Waals surface area contributed by atoms with Crippen molar-refractivity contribution in [2.24, 2.45) is 0 Å². The van der Waals surface area contributed by atoms with E-state index in [0.29, 0.717) is 22.4 Å². The molecule has 0 bridgehead atoms. The number of nitrogens with zero attached hydrogens (tertiary/aromatic N) is 2. The molecule has 7 heteroatoms. The molecule has 0 saturated heterocycles. The molecule has 3 N–H and O–H groups in total. The van der Waals surface area contributed by atoms with Crippen molar-refractivity contribution in [3.63, 3.8) is 0 Å². The second-order valence-electron chi connectivity index (χ2n) is 9.48. The number of hydrogen-bond donors (Lipinski definition) is 3. The smallest absolute Gasteiger partial charge is 0.263 e. The number of carbonyl (C=O) groups is 1. The van der Waals surface area contributed by atoms with Crippen molar-refractivity contribution in [2.45, 2.75) is 64.6 Å². The van der Waals surface area contributed by atoms with Gasteiger partial charge in [0.25, 0.3) is 11.5 Å². The van der Waals surface area contributed by atoms with Gasteiger partial charge in [0.05, 0.1) is 28.2 Å². The molecule has 1 aromatic carbocycles. The van der Waals surface area contributed by atoms with Crippen molar-refractivity contribution in [1.82, 2.24) is 19.9 Å². The van der Waals surface area contributed by atoms with Crippen molar-refractivity contribution in [3.8, 4) is 11.3 Å². The minimum absolute atomic E-state index is 0.0106. The number of rotatable bonds is 3. The van der Waals surface area contributed by atoms with Crippen LogP contribution >= 0.6 is 0 Å². The van der Waals surface area contributed by atoms with Crippen molar-refractivity contribution < 1.29 is 4.79 Å². The van der Waals surface area contributed by atoms with Gasteiger partial charge < -0.3 is 15.6 Å². The zero-order valence-corrected chi connectivity index (χ0v) is 17.8. The molecule has 156 valence electrons. The van der Waals surface area contributed by atoms with Gasteiger partial charge >= 0.3 is 0 Å². The van der Waals surface area contributed by atoms with Crippen molar-refractivity contribution >= 4 is 22.8 Å². The van der Waals surface area contributed by atoms with Crippen LogP contribution in [0, 0.1) is 0 Å². The third-order valence-corrected chi connectivity index (χ3v) is 6.02. The first kappa shape index (κ1) is 18.9. The molecule has 2 aliphatic rings. The Morgan fingerprint density at radius 2 is 1.93 bits per heavy atom. The Bertz CT molecular complexity index is 1230. The lowest BCUT2D eigenvalue weighted by Gasteiger charge is -2.32. The molecule has 1 aliphatic heterocycles. The Labute approximate surface area is 174 Å². The first-order valence-corrected chi connectivity index (χ1v) is 10.6. The molecular weight excluding hydrogens is 378 g/mol. The lowest BCUT2D eigenvalue weighted by Crippen LogP contribution is -2.36. The lowest BCUT2D eigenvalue weighted by molar-refractivity contribution is 0.0958. The van der Waals surface area contributed by atoms with Crippen LogP contribution in [-0.4, -0.2) is 26.0 Å². The molecule has 0 spiro atoms. The van der Waals surface area contributed by atoms with E-state index in [1.807, 2.05) is 35.8 Å². The summed E-state index contributed by atoms with van der Waals surface area (Å²) in [6.45, 7) is 8.15. The van der Waals surface area contributed by atoms with E-state index in [9.17, 15) is 9.59 Å². The number of anilines is 1. The fourth-order valence-corrected chi connectivity index (χ4v) is 4.34. The molecule has 2 aromatic heterocycles. The number of amides is 1. The average molecular weight is 406 g/mol. The molecule has 0 radical (unpaired) electrons. The topological polar surface area (TPSA) is 91.8 Å². The van der Waals surface area contributed by atoms with Crippen LogP contribution in [-0.2, 0) is 0 Å². The molecule has 1 atom stereocenters. The number of aromatic nitrogens is 3. The fraction of sp³-hybridized carbons (Fsp3) is 0.435. The van der Waals surface area contributed by atoms with Crippen molar-refractivity contribution in [2.75, 3.05) is 5.32 Å². The van der Waals surface area contributed by atoms with Crippen LogP contribution in [0.5, 0.6) is 0 Å². The number of hydrogen-bond acceptors (Lipinski definition) is 4. The van der Waals surface area contributed by atoms with E-state index in [-0.39, 0.29) is 29.1 Å². The average Bonchev–Trinajstić information content (AvgIpc) is 3.16. The summed E-state index contributed by atoms with van der Waals surface area (Å²) in [4.78, 5) is 34.0. The Morgan fingerprint density at radius 3 is 2.57 bits per heavy atom. The predicted molar refractivity (Wildman–Crippen MR) is 118 cm³/mol. The Balaban J connectivity index is 1.73. The highest BCUT2D eigenvalue weighted by Gasteiger charge is 2.30. The Kier molecular flexibility index (Phi) is 4.07. The highest BCUT2D eigenvalue weighted by molar-refractivity contribution is 6.01. The highest BCUT2D eigenvalue weighted by atomic mass is 16.2. The standard InChI is InChI=1S/C23H27N5O2/c1-12-18-16(20(29)24-12)11-17(25-18)14-9-6-10-15-19(14)26-22(27-23(2,3)4)28(21(15)30)13-7-5-8-13/h6,9-13,25H,5,7-8H2,1-4H3,(H,24,29)(H,26,27). The van der Waals surface area contributed by atoms with Crippen LogP contribution in [0.25, 0.3) is 22.2 Å². The largest absolute Gasteiger partial charge is 0.356 e. The first-order valence-electron chi connectivity index (χ1n) is 10.6. The summed E-state index contributed by atoms with van der Waals surface area (Å²) in [5.41, 5.74) is 3.59. The monoisotopic (exact) mass is 405 g/mol. The predicted octanol–water partition coefficient (Wildman–Crippen LogP) is 4.13. The van der Waals surface area contributed by atoms with E-state index in [4.69, 9.17) is 4.98 Å². The summed E-state index contributed by atoms with van der Waals surface area (Å²) in [6, 6.07) is 7.68. The summed E-state index contributed by atoms with van der Waals surface area (Å²) in [6.07, 6.45) is 3.14. The van der Waals surface area contributed by atoms with E-state index in [1.54, 1.807) is 0 Å². The third kappa shape index (κ3) is 2.91. The summed E-state index contributed by atoms with van der Waals surface area (Å²) < 4.78 is 1.84. The van der Waals surface area contributed by atoms with E-state index < -0.39 is 0 Å². The van der Waals surface area contributed by atoms with Crippen LogP contribution in [0.15, 0.2) is 29.1 Å². The molecule has 30 heavy (non-hydrogen) atoms. The third-order valence-electron chi connectivity index (χ3n) is 6.02. The molecular formula is C23H27N5O2. The van der Waals surface area contributed by atoms with Crippen LogP contribution in [0.2, 0.25) is 0 Å². The van der Waals surface area contributed by atoms with Gasteiger partial charge in [-0.25, -0.2) is 4.98 Å². The van der Waals surface area contributed by atoms with Crippen LogP contribution in [0.3, 0.4) is 0 Å². The number of para-hydroxylation sites is 1. The van der Waals surface area contributed by atoms with Gasteiger partial charge in [-0.3, -0.25) is 14.2 Å². The molecule has 1 amide bonds. The van der Waals surface area contributed by atoms with Gasteiger partial charge in [0.1, 0.15) is 0 Å². The van der Waals surface area contributed by atoms with E-state index in [1.165, 1.54) is 0 Å². The van der Waals surface area contributed by atoms with E-state index >= 15 is 0 Å². The Hall–Kier alpha value is -3.09. The molecule has 1 fully saturated rings. The maximum absolute atomic E-state index is 13.5. The SMILES string of the molecule is CC1NC(=O)c2cc(-c3cccc4c(=O)n(C5CCC5)c(NC(C)(C)C)nc34)[nH]c21. The maximum Gasteiger partial charge on any atom is 0.263 e. The number of H-pyrrole nitrogens is 1. The number of aromatic amines is 1. The van der Waals surface area contributed by atoms with Gasteiger partial charge in [-0.2, -0.15) is 0 Å². The number of nitrogens with one attached hydrogen (secondary N) is 3. The molecule has 7 nitrogen and oxygen atoms in total. The molecule has 1 saturated carbocycles. The molecule has 5 rings (SSSR count). The van der Waals surface area contributed by atoms with Gasteiger partial charge in [0, 0.05) is 22.8 Å². The number of carbonyl (C=O) groups excluding carboxylic acids is 1. The van der Waals surface area contributed by atoms with Gasteiger partial charge in [0.2, 0.25) is 5.95 Å². The molecule has 1 aliphatic carbocycles. The lowest BCUT2D eigenvalue weighted by atomic mass is 9.92. The van der Waals surface area contributed by atoms with Gasteiger partial charge in [0.15, 0.2) is 0 Å². The molecule has 3 heterocycles. The summed E-state index contributed by atoms with van der Waals surface area (Å²) in [5, 5.41) is 6.95. The molecule has 1 unspecified atom stereocenters. The summed E-state index contributed by atoms with van der Waals surface area (Å²) in [5.74, 6) is 0.540. The van der Waals surface area contributed by atoms with Crippen LogP contribution in [0.1, 0.15) is 75.1 Å². The van der Waals surface area contributed by atoms with Crippen molar-refractivity contribution in [1.29, 1.82) is 0 Å². The second-order valence-corrected chi connectivity index (χ2v) is 9.48. The number of benzene rings is 1. The maximum atomic E-state index is 13.5. The first-order chi connectivity index (χ1) is 14.2. The van der Waals surface area contributed by atoms with E-state index in [0.717, 1.165) is 36.2 Å². The number of fused-ring (bicyclic) bond motifs is 2. The second kappa shape index (κ2) is 6.45. The van der Waals surface area contributed by atoms with E-state index in [2.05, 4.69) is 36.4 Å². The zero-order chi connectivity index (χ0) is 21.2. The van der Waals surface area contributed by atoms with Crippen LogP contribution < -0.4 is 16.2 Å². The highest BCUT2D eigenvalue weighted by Crippen LogP contribution is 2.36. The molecule has 3 aromatic rings. The quantitative estimate of drug-likeness (QED) is 0.611.